The SMILES string of the molecule is CCc1nnc(NC(=O)CCN2C(=O)[C@@H]3[C@H](C2=O)[C@H]2C=C[C@H]3C2)s1. The van der Waals surface area contributed by atoms with Crippen molar-refractivity contribution in [1.82, 2.24) is 15.1 Å². The monoisotopic (exact) mass is 346 g/mol. The summed E-state index contributed by atoms with van der Waals surface area (Å²) in [6, 6.07) is 0. The molecule has 3 amide bonds. The third-order valence-corrected chi connectivity index (χ3v) is 6.12. The van der Waals surface area contributed by atoms with Crippen molar-refractivity contribution in [3.05, 3.63) is 17.2 Å². The van der Waals surface area contributed by atoms with E-state index in [2.05, 4.69) is 27.7 Å². The molecule has 1 saturated heterocycles. The number of aromatic nitrogens is 2. The maximum atomic E-state index is 12.5. The first-order chi connectivity index (χ1) is 11.6. The number of imide groups is 1. The number of carbonyl (C=O) groups is 3. The average molecular weight is 346 g/mol. The molecule has 8 heteroatoms. The molecule has 2 heterocycles. The highest BCUT2D eigenvalue weighted by atomic mass is 32.1. The fourth-order valence-electron chi connectivity index (χ4n) is 4.03. The maximum Gasteiger partial charge on any atom is 0.233 e. The zero-order valence-electron chi connectivity index (χ0n) is 13.3. The third kappa shape index (κ3) is 2.36. The van der Waals surface area contributed by atoms with Crippen LogP contribution in [0.2, 0.25) is 0 Å². The molecule has 1 aromatic rings. The van der Waals surface area contributed by atoms with Crippen molar-refractivity contribution in [2.45, 2.75) is 26.2 Å². The number of nitrogens with zero attached hydrogens (tertiary/aromatic N) is 3. The fraction of sp³-hybridized carbons (Fsp3) is 0.562. The van der Waals surface area contributed by atoms with Gasteiger partial charge in [-0.2, -0.15) is 0 Å². The zero-order valence-corrected chi connectivity index (χ0v) is 14.1. The Labute approximate surface area is 143 Å². The van der Waals surface area contributed by atoms with Gasteiger partial charge in [0.2, 0.25) is 22.9 Å². The van der Waals surface area contributed by atoms with E-state index in [1.54, 1.807) is 0 Å². The summed E-state index contributed by atoms with van der Waals surface area (Å²) in [5.74, 6) is -0.491. The summed E-state index contributed by atoms with van der Waals surface area (Å²) in [7, 11) is 0. The number of fused-ring (bicyclic) bond motifs is 5. The molecule has 1 aromatic heterocycles. The molecule has 1 saturated carbocycles. The second-order valence-electron chi connectivity index (χ2n) is 6.48. The molecule has 2 fully saturated rings. The molecule has 126 valence electrons. The molecule has 0 radical (unpaired) electrons. The van der Waals surface area contributed by atoms with Crippen LogP contribution < -0.4 is 5.32 Å². The van der Waals surface area contributed by atoms with Crippen LogP contribution in [-0.2, 0) is 20.8 Å². The van der Waals surface area contributed by atoms with Crippen LogP contribution in [0.25, 0.3) is 0 Å². The topological polar surface area (TPSA) is 92.3 Å². The summed E-state index contributed by atoms with van der Waals surface area (Å²) in [5.41, 5.74) is 0. The lowest BCUT2D eigenvalue weighted by Crippen LogP contribution is -2.35. The maximum absolute atomic E-state index is 12.5. The Morgan fingerprint density at radius 2 is 1.92 bits per heavy atom. The van der Waals surface area contributed by atoms with E-state index < -0.39 is 0 Å². The van der Waals surface area contributed by atoms with Crippen molar-refractivity contribution >= 4 is 34.2 Å². The smallest absolute Gasteiger partial charge is 0.233 e. The number of amides is 3. The first-order valence-corrected chi connectivity index (χ1v) is 9.06. The second kappa shape index (κ2) is 5.77. The van der Waals surface area contributed by atoms with E-state index in [4.69, 9.17) is 0 Å². The highest BCUT2D eigenvalue weighted by Crippen LogP contribution is 2.52. The minimum Gasteiger partial charge on any atom is -0.300 e. The number of hydrogen-bond acceptors (Lipinski definition) is 6. The van der Waals surface area contributed by atoms with Gasteiger partial charge >= 0.3 is 0 Å². The lowest BCUT2D eigenvalue weighted by molar-refractivity contribution is -0.140. The number of rotatable bonds is 5. The van der Waals surface area contributed by atoms with Gasteiger partial charge in [0.1, 0.15) is 5.01 Å². The molecule has 1 aliphatic heterocycles. The van der Waals surface area contributed by atoms with Crippen LogP contribution in [0.4, 0.5) is 5.13 Å². The van der Waals surface area contributed by atoms with Gasteiger partial charge in [-0.3, -0.25) is 19.3 Å². The number of hydrogen-bond donors (Lipinski definition) is 1. The van der Waals surface area contributed by atoms with Gasteiger partial charge in [0.25, 0.3) is 0 Å². The molecule has 1 N–H and O–H groups in total. The van der Waals surface area contributed by atoms with Crippen LogP contribution in [-0.4, -0.2) is 39.4 Å². The Morgan fingerprint density at radius 3 is 2.50 bits per heavy atom. The van der Waals surface area contributed by atoms with E-state index in [1.165, 1.54) is 16.2 Å². The van der Waals surface area contributed by atoms with E-state index >= 15 is 0 Å². The summed E-state index contributed by atoms with van der Waals surface area (Å²) in [6.07, 6.45) is 5.89. The van der Waals surface area contributed by atoms with Gasteiger partial charge in [-0.15, -0.1) is 10.2 Å². The Hall–Kier alpha value is -2.09. The minimum absolute atomic E-state index is 0.0840. The molecule has 2 aliphatic carbocycles. The van der Waals surface area contributed by atoms with Crippen LogP contribution in [0.3, 0.4) is 0 Å². The molecule has 4 atom stereocenters. The molecular formula is C16H18N4O3S. The van der Waals surface area contributed by atoms with Crippen molar-refractivity contribution in [3.8, 4) is 0 Å². The molecule has 24 heavy (non-hydrogen) atoms. The molecule has 7 nitrogen and oxygen atoms in total. The Kier molecular flexibility index (Phi) is 3.71. The third-order valence-electron chi connectivity index (χ3n) is 5.14. The van der Waals surface area contributed by atoms with Crippen molar-refractivity contribution in [2.24, 2.45) is 23.7 Å². The van der Waals surface area contributed by atoms with E-state index in [0.29, 0.717) is 5.13 Å². The number of likely N-dealkylation sites (tertiary alicyclic amines) is 1. The Balaban J connectivity index is 1.35. The van der Waals surface area contributed by atoms with Gasteiger partial charge in [-0.05, 0) is 24.7 Å². The largest absolute Gasteiger partial charge is 0.300 e. The van der Waals surface area contributed by atoms with E-state index in [1.807, 2.05) is 6.92 Å². The predicted molar refractivity (Wildman–Crippen MR) is 87.0 cm³/mol. The van der Waals surface area contributed by atoms with E-state index in [9.17, 15) is 14.4 Å². The first-order valence-electron chi connectivity index (χ1n) is 8.24. The number of anilines is 1. The molecule has 0 spiro atoms. The van der Waals surface area contributed by atoms with Crippen LogP contribution in [0.5, 0.6) is 0 Å². The molecule has 2 bridgehead atoms. The van der Waals surface area contributed by atoms with Crippen molar-refractivity contribution in [3.63, 3.8) is 0 Å². The van der Waals surface area contributed by atoms with Crippen LogP contribution in [0.15, 0.2) is 12.2 Å². The van der Waals surface area contributed by atoms with Gasteiger partial charge in [-0.25, -0.2) is 0 Å². The number of carbonyl (C=O) groups excluding carboxylic acids is 3. The highest BCUT2D eigenvalue weighted by Gasteiger charge is 2.58. The second-order valence-corrected chi connectivity index (χ2v) is 7.54. The van der Waals surface area contributed by atoms with Crippen molar-refractivity contribution in [2.75, 3.05) is 11.9 Å². The summed E-state index contributed by atoms with van der Waals surface area (Å²) in [6.45, 7) is 2.10. The molecule has 0 aromatic carbocycles. The minimum atomic E-state index is -0.257. The average Bonchev–Trinajstić information content (AvgIpc) is 3.31. The van der Waals surface area contributed by atoms with Gasteiger partial charge in [0, 0.05) is 13.0 Å². The summed E-state index contributed by atoms with van der Waals surface area (Å²) in [4.78, 5) is 38.3. The Morgan fingerprint density at radius 1 is 1.25 bits per heavy atom. The van der Waals surface area contributed by atoms with Crippen LogP contribution in [0, 0.1) is 23.7 Å². The van der Waals surface area contributed by atoms with E-state index in [-0.39, 0.29) is 54.4 Å². The Bertz CT molecular complexity index is 713. The molecule has 3 aliphatic rings. The molecular weight excluding hydrogens is 328 g/mol. The predicted octanol–water partition coefficient (Wildman–Crippen LogP) is 1.24. The number of allylic oxidation sites excluding steroid dienone is 2. The van der Waals surface area contributed by atoms with E-state index in [0.717, 1.165) is 17.8 Å². The first kappa shape index (κ1) is 15.4. The van der Waals surface area contributed by atoms with Gasteiger partial charge in [-0.1, -0.05) is 30.4 Å². The van der Waals surface area contributed by atoms with Gasteiger partial charge < -0.3 is 5.32 Å². The normalized spacial score (nSPS) is 30.3. The number of aryl methyl sites for hydroxylation is 1. The summed E-state index contributed by atoms with van der Waals surface area (Å²) >= 11 is 1.33. The van der Waals surface area contributed by atoms with Crippen molar-refractivity contribution < 1.29 is 14.4 Å². The van der Waals surface area contributed by atoms with Crippen molar-refractivity contribution in [1.29, 1.82) is 0 Å². The molecule has 0 unspecified atom stereocenters. The zero-order chi connectivity index (χ0) is 16.8. The number of nitrogens with one attached hydrogen (secondary N) is 1. The standard InChI is InChI=1S/C16H18N4O3S/c1-2-11-18-19-16(24-11)17-10(21)5-6-20-14(22)12-8-3-4-9(7-8)13(12)15(20)23/h3-4,8-9,12-13H,2,5-7H2,1H3,(H,17,19,21)/t8-,9-,12-,13+/m0/s1. The summed E-state index contributed by atoms with van der Waals surface area (Å²) in [5, 5.41) is 11.8. The lowest BCUT2D eigenvalue weighted by Gasteiger charge is -2.16. The molecule has 4 rings (SSSR count). The highest BCUT2D eigenvalue weighted by molar-refractivity contribution is 7.15. The van der Waals surface area contributed by atoms with Crippen LogP contribution in [0.1, 0.15) is 24.8 Å². The fourth-order valence-corrected chi connectivity index (χ4v) is 4.72. The van der Waals surface area contributed by atoms with Gasteiger partial charge in [0.05, 0.1) is 11.8 Å². The lowest BCUT2D eigenvalue weighted by atomic mass is 9.85. The quantitative estimate of drug-likeness (QED) is 0.640. The summed E-state index contributed by atoms with van der Waals surface area (Å²) < 4.78 is 0. The van der Waals surface area contributed by atoms with Crippen LogP contribution >= 0.6 is 11.3 Å². The van der Waals surface area contributed by atoms with Gasteiger partial charge in [0.15, 0.2) is 0 Å².